The summed E-state index contributed by atoms with van der Waals surface area (Å²) in [7, 11) is 0. The minimum atomic E-state index is -1.11. The Morgan fingerprint density at radius 1 is 1.45 bits per heavy atom. The normalized spacial score (nSPS) is 11.4. The summed E-state index contributed by atoms with van der Waals surface area (Å²) in [6, 6.07) is -0.979. The predicted octanol–water partition coefficient (Wildman–Crippen LogP) is -1.82. The third-order valence-corrected chi connectivity index (χ3v) is 1.02. The van der Waals surface area contributed by atoms with Gasteiger partial charge in [-0.1, -0.05) is 0 Å². The van der Waals surface area contributed by atoms with Crippen LogP contribution in [0.25, 0.3) is 0 Å². The Morgan fingerprint density at radius 3 is 2.18 bits per heavy atom. The minimum absolute atomic E-state index is 0. The van der Waals surface area contributed by atoms with E-state index in [0.29, 0.717) is 0 Å². The molecule has 0 aliphatic rings. The third kappa shape index (κ3) is 6.75. The van der Waals surface area contributed by atoms with E-state index in [4.69, 9.17) is 16.6 Å². The minimum Gasteiger partial charge on any atom is -0.480 e. The molecular weight excluding hydrogens is 150 g/mol. The number of hydrogen-bond donors (Lipinski definition) is 3. The van der Waals surface area contributed by atoms with Crippen LogP contribution < -0.4 is 17.6 Å². The number of amides is 1. The first-order valence-corrected chi connectivity index (χ1v) is 2.80. The quantitative estimate of drug-likeness (QED) is 0.446. The van der Waals surface area contributed by atoms with Crippen LogP contribution in [0, 0.1) is 0 Å². The fourth-order valence-electron chi connectivity index (χ4n) is 0.421. The molecule has 0 heterocycles. The third-order valence-electron chi connectivity index (χ3n) is 1.02. The molecule has 0 saturated carbocycles. The number of carboxylic acid groups (broad SMARTS) is 1. The topological polar surface area (TPSA) is 137 Å². The van der Waals surface area contributed by atoms with Gasteiger partial charge < -0.3 is 16.6 Å². The van der Waals surface area contributed by atoms with E-state index in [1.165, 1.54) is 0 Å². The lowest BCUT2D eigenvalue weighted by molar-refractivity contribution is -0.138. The van der Waals surface area contributed by atoms with Crippen LogP contribution in [0.15, 0.2) is 0 Å². The molecule has 0 saturated heterocycles. The SMILES string of the molecule is NC(=O)CC[C@H](N)C(=O)O.[N]. The van der Waals surface area contributed by atoms with Gasteiger partial charge in [-0.3, -0.25) is 9.59 Å². The van der Waals surface area contributed by atoms with Crippen LogP contribution >= 0.6 is 0 Å². The zero-order chi connectivity index (χ0) is 8.15. The Balaban J connectivity index is 0. The van der Waals surface area contributed by atoms with Crippen molar-refractivity contribution in [3.05, 3.63) is 0 Å². The number of carboxylic acids is 1. The Bertz CT molecular complexity index is 148. The number of hydrogen-bond acceptors (Lipinski definition) is 3. The molecule has 0 aliphatic carbocycles. The molecule has 1 atom stereocenters. The number of nitrogens with two attached hydrogens (primary N) is 2. The van der Waals surface area contributed by atoms with Gasteiger partial charge in [-0.25, -0.2) is 0 Å². The van der Waals surface area contributed by atoms with Gasteiger partial charge in [0.15, 0.2) is 0 Å². The van der Waals surface area contributed by atoms with Crippen LogP contribution in [0.2, 0.25) is 0 Å². The number of primary amides is 1. The molecule has 0 bridgehead atoms. The van der Waals surface area contributed by atoms with Crippen molar-refractivity contribution in [2.75, 3.05) is 0 Å². The molecule has 0 aromatic carbocycles. The van der Waals surface area contributed by atoms with Crippen molar-refractivity contribution >= 4 is 11.9 Å². The molecule has 5 N–H and O–H groups in total. The van der Waals surface area contributed by atoms with E-state index in [0.717, 1.165) is 0 Å². The van der Waals surface area contributed by atoms with E-state index in [-0.39, 0.29) is 19.0 Å². The largest absolute Gasteiger partial charge is 0.480 e. The van der Waals surface area contributed by atoms with Gasteiger partial charge in [-0.15, -0.1) is 0 Å². The number of aliphatic carboxylic acids is 1. The fraction of sp³-hybridized carbons (Fsp3) is 0.600. The summed E-state index contributed by atoms with van der Waals surface area (Å²) in [6.07, 6.45) is 0.123. The average Bonchev–Trinajstić information content (AvgIpc) is 1.82. The molecule has 63 valence electrons. The van der Waals surface area contributed by atoms with E-state index in [2.05, 4.69) is 0 Å². The van der Waals surface area contributed by atoms with Crippen molar-refractivity contribution in [3.8, 4) is 0 Å². The van der Waals surface area contributed by atoms with Crippen LogP contribution in [0.4, 0.5) is 0 Å². The maximum absolute atomic E-state index is 10.1. The van der Waals surface area contributed by atoms with Crippen LogP contribution in [0.3, 0.4) is 0 Å². The highest BCUT2D eigenvalue weighted by Gasteiger charge is 2.11. The summed E-state index contributed by atoms with van der Waals surface area (Å²) in [5, 5.41) is 8.22. The van der Waals surface area contributed by atoms with Gasteiger partial charge in [-0.2, -0.15) is 0 Å². The van der Waals surface area contributed by atoms with E-state index >= 15 is 0 Å². The lowest BCUT2D eigenvalue weighted by Crippen LogP contribution is -2.31. The number of carbonyl (C=O) groups is 2. The summed E-state index contributed by atoms with van der Waals surface area (Å²) < 4.78 is 0. The maximum atomic E-state index is 10.1. The number of nitrogens with zero attached hydrogens (tertiary/aromatic N) is 1. The van der Waals surface area contributed by atoms with Gasteiger partial charge in [0, 0.05) is 12.6 Å². The molecule has 0 unspecified atom stereocenters. The second kappa shape index (κ2) is 5.63. The molecule has 6 nitrogen and oxygen atoms in total. The van der Waals surface area contributed by atoms with Crippen LogP contribution in [0.1, 0.15) is 12.8 Å². The maximum Gasteiger partial charge on any atom is 0.320 e. The lowest BCUT2D eigenvalue weighted by Gasteiger charge is -2.01. The highest BCUT2D eigenvalue weighted by Crippen LogP contribution is 1.92. The van der Waals surface area contributed by atoms with Crippen molar-refractivity contribution in [1.82, 2.24) is 6.15 Å². The van der Waals surface area contributed by atoms with E-state index < -0.39 is 17.9 Å². The summed E-state index contributed by atoms with van der Waals surface area (Å²) in [4.78, 5) is 20.1. The molecule has 1 amide bonds. The summed E-state index contributed by atoms with van der Waals surface area (Å²) >= 11 is 0. The molecule has 11 heavy (non-hydrogen) atoms. The van der Waals surface area contributed by atoms with E-state index in [9.17, 15) is 9.59 Å². The predicted molar refractivity (Wildman–Crippen MR) is 36.2 cm³/mol. The first-order valence-electron chi connectivity index (χ1n) is 2.80. The smallest absolute Gasteiger partial charge is 0.320 e. The van der Waals surface area contributed by atoms with Crippen LogP contribution in [0.5, 0.6) is 0 Å². The summed E-state index contributed by atoms with van der Waals surface area (Å²) in [6.45, 7) is 0. The van der Waals surface area contributed by atoms with Crippen molar-refractivity contribution in [3.63, 3.8) is 0 Å². The lowest BCUT2D eigenvalue weighted by atomic mass is 10.2. The van der Waals surface area contributed by atoms with Crippen molar-refractivity contribution in [2.45, 2.75) is 18.9 Å². The molecule has 3 radical (unpaired) electrons. The highest BCUT2D eigenvalue weighted by atomic mass is 16.4. The number of carbonyl (C=O) groups excluding carboxylic acids is 1. The van der Waals surface area contributed by atoms with Gasteiger partial charge in [0.05, 0.1) is 0 Å². The Hall–Kier alpha value is -1.14. The van der Waals surface area contributed by atoms with Gasteiger partial charge >= 0.3 is 5.97 Å². The molecular formula is C5H10N3O3. The Kier molecular flexibility index (Phi) is 6.41. The zero-order valence-electron chi connectivity index (χ0n) is 5.86. The highest BCUT2D eigenvalue weighted by molar-refractivity contribution is 5.76. The van der Waals surface area contributed by atoms with Gasteiger partial charge in [0.2, 0.25) is 5.91 Å². The van der Waals surface area contributed by atoms with Gasteiger partial charge in [0.1, 0.15) is 6.04 Å². The second-order valence-corrected chi connectivity index (χ2v) is 1.95. The van der Waals surface area contributed by atoms with E-state index in [1.807, 2.05) is 0 Å². The average molecular weight is 160 g/mol. The van der Waals surface area contributed by atoms with Crippen molar-refractivity contribution < 1.29 is 14.7 Å². The van der Waals surface area contributed by atoms with E-state index in [1.54, 1.807) is 0 Å². The molecule has 0 aromatic heterocycles. The van der Waals surface area contributed by atoms with Crippen LogP contribution in [-0.4, -0.2) is 23.0 Å². The molecule has 0 aromatic rings. The molecule has 0 fully saturated rings. The summed E-state index contributed by atoms with van der Waals surface area (Å²) in [5.74, 6) is -1.64. The summed E-state index contributed by atoms with van der Waals surface area (Å²) in [5.41, 5.74) is 9.81. The molecule has 0 spiro atoms. The number of rotatable bonds is 4. The van der Waals surface area contributed by atoms with Crippen molar-refractivity contribution in [1.29, 1.82) is 0 Å². The molecule has 0 aliphatic heterocycles. The molecule has 6 heteroatoms. The fourth-order valence-corrected chi connectivity index (χ4v) is 0.421. The standard InChI is InChI=1S/C5H10N2O3.N/c6-3(5(9)10)1-2-4(7)8;/h3H,1-2,6H2,(H2,7,8)(H,9,10);/t3-;/m0./s1. The second-order valence-electron chi connectivity index (χ2n) is 1.95. The van der Waals surface area contributed by atoms with Crippen LogP contribution in [-0.2, 0) is 9.59 Å². The Labute approximate surface area is 64.1 Å². The first-order chi connectivity index (χ1) is 4.54. The Morgan fingerprint density at radius 2 is 1.91 bits per heavy atom. The molecule has 0 rings (SSSR count). The van der Waals surface area contributed by atoms with Gasteiger partial charge in [-0.05, 0) is 6.42 Å². The first kappa shape index (κ1) is 12.5. The monoisotopic (exact) mass is 160 g/mol. The van der Waals surface area contributed by atoms with Gasteiger partial charge in [0.25, 0.3) is 0 Å². The zero-order valence-corrected chi connectivity index (χ0v) is 5.86. The van der Waals surface area contributed by atoms with Crippen molar-refractivity contribution in [2.24, 2.45) is 11.5 Å².